The predicted molar refractivity (Wildman–Crippen MR) is 113 cm³/mol. The Hall–Kier alpha value is -3.39. The molecule has 29 heavy (non-hydrogen) atoms. The quantitative estimate of drug-likeness (QED) is 0.565. The molecule has 2 amide bonds. The standard InChI is InChI=1S/C21H20N4O3S/c1-14(29-19-10-6-16(7-11-19)24-15(2)26)20(27)25-17-4-8-18(9-5-17)28-21-22-12-3-13-23-21/h3-14H,1-2H3,(H,24,26)(H,25,27). The number of amides is 2. The van der Waals surface area contributed by atoms with Gasteiger partial charge in [0.05, 0.1) is 5.25 Å². The number of carbonyl (C=O) groups excluding carboxylic acids is 2. The summed E-state index contributed by atoms with van der Waals surface area (Å²) in [6.07, 6.45) is 3.20. The number of thioether (sulfide) groups is 1. The zero-order chi connectivity index (χ0) is 20.6. The summed E-state index contributed by atoms with van der Waals surface area (Å²) in [4.78, 5) is 32.5. The van der Waals surface area contributed by atoms with Gasteiger partial charge in [0.2, 0.25) is 11.8 Å². The van der Waals surface area contributed by atoms with Crippen LogP contribution in [0.3, 0.4) is 0 Å². The van der Waals surface area contributed by atoms with Crippen LogP contribution in [0, 0.1) is 0 Å². The van der Waals surface area contributed by atoms with Crippen molar-refractivity contribution in [3.8, 4) is 11.8 Å². The second-order valence-corrected chi connectivity index (χ2v) is 7.53. The number of nitrogens with zero attached hydrogens (tertiary/aromatic N) is 2. The molecule has 0 aliphatic carbocycles. The number of anilines is 2. The lowest BCUT2D eigenvalue weighted by atomic mass is 10.3. The normalized spacial score (nSPS) is 11.4. The van der Waals surface area contributed by atoms with Crippen LogP contribution >= 0.6 is 11.8 Å². The van der Waals surface area contributed by atoms with Crippen molar-refractivity contribution in [2.75, 3.05) is 10.6 Å². The Bertz CT molecular complexity index is 963. The van der Waals surface area contributed by atoms with E-state index in [2.05, 4.69) is 20.6 Å². The molecule has 0 radical (unpaired) electrons. The van der Waals surface area contributed by atoms with E-state index in [0.717, 1.165) is 10.6 Å². The Labute approximate surface area is 172 Å². The largest absolute Gasteiger partial charge is 0.424 e. The first-order chi connectivity index (χ1) is 14.0. The number of hydrogen-bond donors (Lipinski definition) is 2. The minimum absolute atomic E-state index is 0.110. The van der Waals surface area contributed by atoms with Gasteiger partial charge < -0.3 is 15.4 Å². The molecule has 2 N–H and O–H groups in total. The fourth-order valence-electron chi connectivity index (χ4n) is 2.37. The van der Waals surface area contributed by atoms with Gasteiger partial charge in [-0.3, -0.25) is 9.59 Å². The van der Waals surface area contributed by atoms with Crippen LogP contribution in [0.1, 0.15) is 13.8 Å². The number of carbonyl (C=O) groups is 2. The smallest absolute Gasteiger partial charge is 0.321 e. The molecule has 0 aliphatic heterocycles. The molecule has 0 bridgehead atoms. The Kier molecular flexibility index (Phi) is 6.80. The maximum atomic E-state index is 12.5. The first kappa shape index (κ1) is 20.3. The minimum atomic E-state index is -0.296. The summed E-state index contributed by atoms with van der Waals surface area (Å²) >= 11 is 1.44. The molecular formula is C21H20N4O3S. The number of nitrogens with one attached hydrogen (secondary N) is 2. The van der Waals surface area contributed by atoms with Crippen molar-refractivity contribution in [3.63, 3.8) is 0 Å². The second-order valence-electron chi connectivity index (χ2n) is 6.11. The Morgan fingerprint density at radius 1 is 0.931 bits per heavy atom. The Morgan fingerprint density at radius 3 is 2.14 bits per heavy atom. The first-order valence-electron chi connectivity index (χ1n) is 8.90. The van der Waals surface area contributed by atoms with Crippen LogP contribution in [-0.2, 0) is 9.59 Å². The zero-order valence-electron chi connectivity index (χ0n) is 16.0. The zero-order valence-corrected chi connectivity index (χ0v) is 16.8. The van der Waals surface area contributed by atoms with Crippen LogP contribution in [0.4, 0.5) is 11.4 Å². The van der Waals surface area contributed by atoms with E-state index in [0.29, 0.717) is 11.4 Å². The van der Waals surface area contributed by atoms with Gasteiger partial charge in [0.25, 0.3) is 0 Å². The summed E-state index contributed by atoms with van der Waals surface area (Å²) in [5.74, 6) is 0.350. The third-order valence-corrected chi connectivity index (χ3v) is 4.84. The average molecular weight is 408 g/mol. The SMILES string of the molecule is CC(=O)Nc1ccc(SC(C)C(=O)Nc2ccc(Oc3ncccn3)cc2)cc1. The first-order valence-corrected chi connectivity index (χ1v) is 9.78. The molecule has 148 valence electrons. The highest BCUT2D eigenvalue weighted by atomic mass is 32.2. The molecular weight excluding hydrogens is 388 g/mol. The van der Waals surface area contributed by atoms with Gasteiger partial charge in [-0.2, -0.15) is 0 Å². The van der Waals surface area contributed by atoms with Crippen LogP contribution in [-0.4, -0.2) is 27.0 Å². The monoisotopic (exact) mass is 408 g/mol. The van der Waals surface area contributed by atoms with Crippen molar-refractivity contribution >= 4 is 35.0 Å². The molecule has 3 aromatic rings. The second kappa shape index (κ2) is 9.70. The lowest BCUT2D eigenvalue weighted by molar-refractivity contribution is -0.115. The van der Waals surface area contributed by atoms with Crippen molar-refractivity contribution in [2.24, 2.45) is 0 Å². The topological polar surface area (TPSA) is 93.2 Å². The molecule has 0 spiro atoms. The van der Waals surface area contributed by atoms with Crippen LogP contribution in [0.25, 0.3) is 0 Å². The number of aromatic nitrogens is 2. The Balaban J connectivity index is 1.53. The van der Waals surface area contributed by atoms with Crippen molar-refractivity contribution in [1.82, 2.24) is 9.97 Å². The highest BCUT2D eigenvalue weighted by molar-refractivity contribution is 8.00. The molecule has 1 unspecified atom stereocenters. The highest BCUT2D eigenvalue weighted by Crippen LogP contribution is 2.26. The molecule has 0 fully saturated rings. The highest BCUT2D eigenvalue weighted by Gasteiger charge is 2.15. The molecule has 3 rings (SSSR count). The van der Waals surface area contributed by atoms with E-state index in [1.165, 1.54) is 18.7 Å². The van der Waals surface area contributed by atoms with Crippen molar-refractivity contribution < 1.29 is 14.3 Å². The van der Waals surface area contributed by atoms with E-state index in [4.69, 9.17) is 4.74 Å². The van der Waals surface area contributed by atoms with Crippen molar-refractivity contribution in [1.29, 1.82) is 0 Å². The maximum Gasteiger partial charge on any atom is 0.321 e. The molecule has 0 aliphatic rings. The Morgan fingerprint density at radius 2 is 1.52 bits per heavy atom. The minimum Gasteiger partial charge on any atom is -0.424 e. The number of rotatable bonds is 7. The lowest BCUT2D eigenvalue weighted by Gasteiger charge is -2.13. The van der Waals surface area contributed by atoms with E-state index in [-0.39, 0.29) is 23.1 Å². The van der Waals surface area contributed by atoms with Gasteiger partial charge in [0, 0.05) is 35.6 Å². The third-order valence-electron chi connectivity index (χ3n) is 3.73. The van der Waals surface area contributed by atoms with Gasteiger partial charge >= 0.3 is 6.01 Å². The molecule has 8 heteroatoms. The lowest BCUT2D eigenvalue weighted by Crippen LogP contribution is -2.22. The van der Waals surface area contributed by atoms with Crippen LogP contribution in [0.2, 0.25) is 0 Å². The molecule has 1 aromatic heterocycles. The number of benzene rings is 2. The van der Waals surface area contributed by atoms with E-state index >= 15 is 0 Å². The summed E-state index contributed by atoms with van der Waals surface area (Å²) in [5, 5.41) is 5.31. The van der Waals surface area contributed by atoms with Gasteiger partial charge in [-0.25, -0.2) is 9.97 Å². The van der Waals surface area contributed by atoms with Crippen molar-refractivity contribution in [3.05, 3.63) is 67.0 Å². The molecule has 1 atom stereocenters. The molecule has 0 saturated carbocycles. The predicted octanol–water partition coefficient (Wildman–Crippen LogP) is 4.35. The van der Waals surface area contributed by atoms with Crippen LogP contribution in [0.15, 0.2) is 71.9 Å². The van der Waals surface area contributed by atoms with Crippen molar-refractivity contribution in [2.45, 2.75) is 24.0 Å². The molecule has 7 nitrogen and oxygen atoms in total. The van der Waals surface area contributed by atoms with Crippen LogP contribution in [0.5, 0.6) is 11.8 Å². The van der Waals surface area contributed by atoms with E-state index in [1.807, 2.05) is 31.2 Å². The summed E-state index contributed by atoms with van der Waals surface area (Å²) in [7, 11) is 0. The fourth-order valence-corrected chi connectivity index (χ4v) is 3.24. The molecule has 2 aromatic carbocycles. The molecule has 0 saturated heterocycles. The summed E-state index contributed by atoms with van der Waals surface area (Å²) in [6.45, 7) is 3.30. The van der Waals surface area contributed by atoms with Gasteiger partial charge in [-0.05, 0) is 61.5 Å². The van der Waals surface area contributed by atoms with Gasteiger partial charge in [0.15, 0.2) is 0 Å². The van der Waals surface area contributed by atoms with E-state index < -0.39 is 0 Å². The number of hydrogen-bond acceptors (Lipinski definition) is 6. The van der Waals surface area contributed by atoms with Crippen LogP contribution < -0.4 is 15.4 Å². The average Bonchev–Trinajstić information content (AvgIpc) is 2.71. The molecule has 1 heterocycles. The third kappa shape index (κ3) is 6.32. The summed E-state index contributed by atoms with van der Waals surface area (Å²) in [5.41, 5.74) is 1.40. The van der Waals surface area contributed by atoms with Gasteiger partial charge in [-0.15, -0.1) is 11.8 Å². The van der Waals surface area contributed by atoms with E-state index in [1.54, 1.807) is 42.7 Å². The van der Waals surface area contributed by atoms with Gasteiger partial charge in [-0.1, -0.05) is 0 Å². The van der Waals surface area contributed by atoms with Gasteiger partial charge in [0.1, 0.15) is 5.75 Å². The maximum absolute atomic E-state index is 12.5. The summed E-state index contributed by atoms with van der Waals surface area (Å²) in [6, 6.07) is 16.3. The fraction of sp³-hybridized carbons (Fsp3) is 0.143. The summed E-state index contributed by atoms with van der Waals surface area (Å²) < 4.78 is 5.53. The van der Waals surface area contributed by atoms with E-state index in [9.17, 15) is 9.59 Å². The number of ether oxygens (including phenoxy) is 1.